The number of rotatable bonds is 9. The number of carbonyl (C=O) groups excluding carboxylic acids is 1. The molecule has 2 rings (SSSR count). The van der Waals surface area contributed by atoms with E-state index in [4.69, 9.17) is 0 Å². The van der Waals surface area contributed by atoms with E-state index in [9.17, 15) is 9.18 Å². The highest BCUT2D eigenvalue weighted by molar-refractivity contribution is 5.89. The van der Waals surface area contributed by atoms with Gasteiger partial charge in [0, 0.05) is 18.2 Å². The number of unbranched alkanes of at least 4 members (excludes halogenated alkanes) is 3. The molecule has 25 heavy (non-hydrogen) atoms. The molecule has 1 unspecified atom stereocenters. The van der Waals surface area contributed by atoms with Crippen LogP contribution in [0, 0.1) is 5.82 Å². The molecule has 2 aromatic rings. The summed E-state index contributed by atoms with van der Waals surface area (Å²) in [6, 6.07) is 15.8. The van der Waals surface area contributed by atoms with Gasteiger partial charge >= 0.3 is 6.03 Å². The highest BCUT2D eigenvalue weighted by Crippen LogP contribution is 2.22. The molecule has 2 aromatic carbocycles. The van der Waals surface area contributed by atoms with Crippen LogP contribution in [0.4, 0.5) is 14.9 Å². The molecular formula is C21H27FN2O. The fraction of sp³-hybridized carbons (Fsp3) is 0.381. The molecule has 1 atom stereocenters. The Bertz CT molecular complexity index is 628. The van der Waals surface area contributed by atoms with E-state index in [1.807, 2.05) is 18.2 Å². The lowest BCUT2D eigenvalue weighted by atomic mass is 9.93. The monoisotopic (exact) mass is 342 g/mol. The first-order chi connectivity index (χ1) is 12.2. The first-order valence-corrected chi connectivity index (χ1v) is 9.04. The van der Waals surface area contributed by atoms with Gasteiger partial charge in [0.2, 0.25) is 0 Å². The largest absolute Gasteiger partial charge is 0.337 e. The summed E-state index contributed by atoms with van der Waals surface area (Å²) in [6.07, 6.45) is 5.91. The maximum absolute atomic E-state index is 12.9. The van der Waals surface area contributed by atoms with Gasteiger partial charge in [0.25, 0.3) is 0 Å². The zero-order valence-electron chi connectivity index (χ0n) is 14.8. The smallest absolute Gasteiger partial charge is 0.319 e. The first kappa shape index (κ1) is 19.0. The van der Waals surface area contributed by atoms with Crippen LogP contribution in [0.1, 0.15) is 50.5 Å². The number of amides is 2. The molecule has 0 aliphatic carbocycles. The molecule has 0 saturated heterocycles. The number of carbonyl (C=O) groups is 1. The van der Waals surface area contributed by atoms with Crippen molar-refractivity contribution in [1.82, 2.24) is 5.32 Å². The van der Waals surface area contributed by atoms with Crippen molar-refractivity contribution in [2.75, 3.05) is 11.9 Å². The topological polar surface area (TPSA) is 41.1 Å². The van der Waals surface area contributed by atoms with E-state index in [1.165, 1.54) is 37.0 Å². The van der Waals surface area contributed by atoms with Crippen LogP contribution in [0.5, 0.6) is 0 Å². The molecule has 0 saturated carbocycles. The van der Waals surface area contributed by atoms with Gasteiger partial charge in [-0.05, 0) is 36.2 Å². The normalized spacial score (nSPS) is 11.8. The van der Waals surface area contributed by atoms with Crippen molar-refractivity contribution in [1.29, 1.82) is 0 Å². The maximum atomic E-state index is 12.9. The minimum Gasteiger partial charge on any atom is -0.337 e. The van der Waals surface area contributed by atoms with Gasteiger partial charge in [-0.2, -0.15) is 0 Å². The Hall–Kier alpha value is -2.36. The van der Waals surface area contributed by atoms with Crippen molar-refractivity contribution in [3.8, 4) is 0 Å². The number of nitrogens with one attached hydrogen (secondary N) is 2. The average molecular weight is 342 g/mol. The summed E-state index contributed by atoms with van der Waals surface area (Å²) in [5.74, 6) is -0.0146. The Labute approximate surface area is 149 Å². The molecular weight excluding hydrogens is 315 g/mol. The lowest BCUT2D eigenvalue weighted by Gasteiger charge is -2.18. The molecule has 0 fully saturated rings. The standard InChI is InChI=1S/C21H27FN2O/c1-2-3-4-6-11-18(17-9-7-5-8-10-17)16-23-21(25)24-20-14-12-19(22)13-15-20/h5,7-10,12-15,18H,2-4,6,11,16H2,1H3,(H2,23,24,25). The summed E-state index contributed by atoms with van der Waals surface area (Å²) < 4.78 is 12.9. The number of anilines is 1. The summed E-state index contributed by atoms with van der Waals surface area (Å²) >= 11 is 0. The number of urea groups is 1. The van der Waals surface area contributed by atoms with Crippen LogP contribution in [-0.4, -0.2) is 12.6 Å². The van der Waals surface area contributed by atoms with Crippen molar-refractivity contribution < 1.29 is 9.18 Å². The van der Waals surface area contributed by atoms with Crippen LogP contribution in [-0.2, 0) is 0 Å². The predicted molar refractivity (Wildman–Crippen MR) is 101 cm³/mol. The molecule has 2 N–H and O–H groups in total. The molecule has 0 aliphatic heterocycles. The fourth-order valence-electron chi connectivity index (χ4n) is 2.85. The number of hydrogen-bond donors (Lipinski definition) is 2. The zero-order chi connectivity index (χ0) is 17.9. The highest BCUT2D eigenvalue weighted by Gasteiger charge is 2.12. The van der Waals surface area contributed by atoms with Crippen molar-refractivity contribution >= 4 is 11.7 Å². The van der Waals surface area contributed by atoms with Crippen molar-refractivity contribution in [2.45, 2.75) is 44.9 Å². The van der Waals surface area contributed by atoms with Gasteiger partial charge in [-0.15, -0.1) is 0 Å². The minimum atomic E-state index is -0.317. The molecule has 2 amide bonds. The lowest BCUT2D eigenvalue weighted by Crippen LogP contribution is -2.32. The van der Waals surface area contributed by atoms with Crippen molar-refractivity contribution in [3.05, 3.63) is 66.0 Å². The Morgan fingerprint density at radius 1 is 1.00 bits per heavy atom. The van der Waals surface area contributed by atoms with Gasteiger partial charge in [-0.25, -0.2) is 9.18 Å². The number of halogens is 1. The summed E-state index contributed by atoms with van der Waals surface area (Å²) in [5.41, 5.74) is 1.83. The van der Waals surface area contributed by atoms with Crippen molar-refractivity contribution in [2.24, 2.45) is 0 Å². The quantitative estimate of drug-likeness (QED) is 0.564. The molecule has 0 radical (unpaired) electrons. The van der Waals surface area contributed by atoms with Gasteiger partial charge in [0.1, 0.15) is 5.82 Å². The van der Waals surface area contributed by atoms with E-state index < -0.39 is 0 Å². The summed E-state index contributed by atoms with van der Waals surface area (Å²) in [4.78, 5) is 12.1. The van der Waals surface area contributed by atoms with Crippen LogP contribution in [0.2, 0.25) is 0 Å². The Balaban J connectivity index is 1.87. The zero-order valence-corrected chi connectivity index (χ0v) is 14.8. The fourth-order valence-corrected chi connectivity index (χ4v) is 2.85. The Morgan fingerprint density at radius 2 is 1.72 bits per heavy atom. The van der Waals surface area contributed by atoms with Crippen LogP contribution in [0.3, 0.4) is 0 Å². The molecule has 4 heteroatoms. The molecule has 134 valence electrons. The van der Waals surface area contributed by atoms with E-state index in [1.54, 1.807) is 12.1 Å². The van der Waals surface area contributed by atoms with Crippen LogP contribution in [0.15, 0.2) is 54.6 Å². The number of hydrogen-bond acceptors (Lipinski definition) is 1. The van der Waals surface area contributed by atoms with Gasteiger partial charge in [0.05, 0.1) is 0 Å². The predicted octanol–water partition coefficient (Wildman–Crippen LogP) is 5.70. The highest BCUT2D eigenvalue weighted by atomic mass is 19.1. The van der Waals surface area contributed by atoms with E-state index >= 15 is 0 Å². The van der Waals surface area contributed by atoms with E-state index in [0.717, 1.165) is 12.8 Å². The Morgan fingerprint density at radius 3 is 2.40 bits per heavy atom. The second-order valence-electron chi connectivity index (χ2n) is 6.30. The molecule has 0 aliphatic rings. The SMILES string of the molecule is CCCCCCC(CNC(=O)Nc1ccc(F)cc1)c1ccccc1. The molecule has 0 bridgehead atoms. The molecule has 0 spiro atoms. The summed E-state index contributed by atoms with van der Waals surface area (Å²) in [6.45, 7) is 2.79. The van der Waals surface area contributed by atoms with Crippen LogP contribution < -0.4 is 10.6 Å². The van der Waals surface area contributed by atoms with Gasteiger partial charge in [-0.1, -0.05) is 62.9 Å². The van der Waals surface area contributed by atoms with Gasteiger partial charge in [0.15, 0.2) is 0 Å². The Kier molecular flexibility index (Phi) is 7.96. The molecule has 3 nitrogen and oxygen atoms in total. The molecule has 0 aromatic heterocycles. The maximum Gasteiger partial charge on any atom is 0.319 e. The lowest BCUT2D eigenvalue weighted by molar-refractivity contribution is 0.251. The second-order valence-corrected chi connectivity index (χ2v) is 6.30. The molecule has 0 heterocycles. The van der Waals surface area contributed by atoms with Crippen LogP contribution >= 0.6 is 0 Å². The first-order valence-electron chi connectivity index (χ1n) is 9.04. The summed E-state index contributed by atoms with van der Waals surface area (Å²) in [7, 11) is 0. The van der Waals surface area contributed by atoms with Crippen molar-refractivity contribution in [3.63, 3.8) is 0 Å². The van der Waals surface area contributed by atoms with Gasteiger partial charge < -0.3 is 10.6 Å². The number of benzene rings is 2. The van der Waals surface area contributed by atoms with E-state index in [2.05, 4.69) is 29.7 Å². The second kappa shape index (κ2) is 10.5. The average Bonchev–Trinajstić information content (AvgIpc) is 2.64. The third kappa shape index (κ3) is 6.96. The van der Waals surface area contributed by atoms with Crippen LogP contribution in [0.25, 0.3) is 0 Å². The minimum absolute atomic E-state index is 0.263. The summed E-state index contributed by atoms with van der Waals surface area (Å²) in [5, 5.41) is 5.68. The third-order valence-electron chi connectivity index (χ3n) is 4.29. The third-order valence-corrected chi connectivity index (χ3v) is 4.29. The van der Waals surface area contributed by atoms with Gasteiger partial charge in [-0.3, -0.25) is 0 Å². The van der Waals surface area contributed by atoms with E-state index in [0.29, 0.717) is 18.2 Å². The van der Waals surface area contributed by atoms with E-state index in [-0.39, 0.29) is 11.8 Å².